The quantitative estimate of drug-likeness (QED) is 0.816. The maximum atomic E-state index is 13.0. The van der Waals surface area contributed by atoms with Crippen LogP contribution in [-0.4, -0.2) is 18.9 Å². The van der Waals surface area contributed by atoms with Crippen LogP contribution in [0.4, 0.5) is 0 Å². The Morgan fingerprint density at radius 1 is 1.14 bits per heavy atom. The Labute approximate surface area is 132 Å². The molecule has 0 amide bonds. The van der Waals surface area contributed by atoms with Gasteiger partial charge in [-0.05, 0) is 49.0 Å². The second kappa shape index (κ2) is 7.26. The third-order valence-electron chi connectivity index (χ3n) is 5.24. The minimum atomic E-state index is 0.214. The monoisotopic (exact) mass is 295 g/mol. The molecule has 0 aliphatic carbocycles. The lowest BCUT2D eigenvalue weighted by molar-refractivity contribution is -0.129. The molecule has 124 valence electrons. The van der Waals surface area contributed by atoms with Crippen molar-refractivity contribution >= 4 is 5.78 Å². The molecule has 2 atom stereocenters. The molecule has 0 aromatic rings. The fraction of sp³-hybridized carbons (Fsp3) is 0.947. The first-order valence-corrected chi connectivity index (χ1v) is 8.86. The van der Waals surface area contributed by atoms with Crippen molar-refractivity contribution in [1.29, 1.82) is 0 Å². The van der Waals surface area contributed by atoms with Crippen LogP contribution in [0.2, 0.25) is 0 Å². The molecule has 0 aromatic heterocycles. The molecule has 1 saturated heterocycles. The molecule has 1 aliphatic heterocycles. The first-order chi connectivity index (χ1) is 9.62. The highest BCUT2D eigenvalue weighted by Gasteiger charge is 2.38. The first kappa shape index (κ1) is 18.7. The van der Waals surface area contributed by atoms with Gasteiger partial charge in [0.2, 0.25) is 0 Å². The van der Waals surface area contributed by atoms with Crippen LogP contribution < -0.4 is 5.32 Å². The van der Waals surface area contributed by atoms with Gasteiger partial charge in [0.15, 0.2) is 0 Å². The molecular formula is C19H37NO. The van der Waals surface area contributed by atoms with Gasteiger partial charge in [0.1, 0.15) is 5.78 Å². The first-order valence-electron chi connectivity index (χ1n) is 8.86. The van der Waals surface area contributed by atoms with E-state index in [0.29, 0.717) is 17.1 Å². The minimum Gasteiger partial charge on any atom is -0.316 e. The number of rotatable bonds is 4. The van der Waals surface area contributed by atoms with E-state index >= 15 is 0 Å². The fourth-order valence-electron chi connectivity index (χ4n) is 4.38. The van der Waals surface area contributed by atoms with Gasteiger partial charge in [-0.15, -0.1) is 0 Å². The number of hydrogen-bond acceptors (Lipinski definition) is 2. The second-order valence-corrected chi connectivity index (χ2v) is 8.84. The fourth-order valence-corrected chi connectivity index (χ4v) is 4.38. The zero-order chi connectivity index (χ0) is 16.3. The standard InChI is InChI=1S/C19H37NO/c1-8-15(9-2)17(21)16-10-18(4,5)12-19(6,7)13-20-11-14(16)3/h14-16,20H,8-13H2,1-7H3. The Balaban J connectivity index is 2.98. The van der Waals surface area contributed by atoms with Gasteiger partial charge in [-0.2, -0.15) is 0 Å². The van der Waals surface area contributed by atoms with Crippen molar-refractivity contribution < 1.29 is 4.79 Å². The smallest absolute Gasteiger partial charge is 0.139 e. The van der Waals surface area contributed by atoms with Gasteiger partial charge in [-0.25, -0.2) is 0 Å². The van der Waals surface area contributed by atoms with E-state index in [1.54, 1.807) is 0 Å². The third kappa shape index (κ3) is 5.39. The summed E-state index contributed by atoms with van der Waals surface area (Å²) >= 11 is 0. The number of nitrogens with one attached hydrogen (secondary N) is 1. The molecule has 1 N–H and O–H groups in total. The van der Waals surface area contributed by atoms with Crippen molar-refractivity contribution in [2.24, 2.45) is 28.6 Å². The Hall–Kier alpha value is -0.370. The van der Waals surface area contributed by atoms with Crippen LogP contribution in [0.5, 0.6) is 0 Å². The summed E-state index contributed by atoms with van der Waals surface area (Å²) in [7, 11) is 0. The van der Waals surface area contributed by atoms with Gasteiger partial charge in [-0.3, -0.25) is 4.79 Å². The van der Waals surface area contributed by atoms with Crippen molar-refractivity contribution in [2.75, 3.05) is 13.1 Å². The highest BCUT2D eigenvalue weighted by atomic mass is 16.1. The molecule has 0 saturated carbocycles. The van der Waals surface area contributed by atoms with Crippen LogP contribution in [-0.2, 0) is 4.79 Å². The van der Waals surface area contributed by atoms with Gasteiger partial charge < -0.3 is 5.32 Å². The van der Waals surface area contributed by atoms with Gasteiger partial charge in [-0.1, -0.05) is 48.5 Å². The summed E-state index contributed by atoms with van der Waals surface area (Å²) in [5.74, 6) is 1.42. The van der Waals surface area contributed by atoms with Crippen LogP contribution in [0.15, 0.2) is 0 Å². The van der Waals surface area contributed by atoms with Crippen molar-refractivity contribution in [2.45, 2.75) is 74.1 Å². The average Bonchev–Trinajstić information content (AvgIpc) is 2.38. The Bertz CT molecular complexity index is 341. The molecule has 21 heavy (non-hydrogen) atoms. The van der Waals surface area contributed by atoms with Crippen LogP contribution in [0.1, 0.15) is 74.1 Å². The van der Waals surface area contributed by atoms with E-state index in [0.717, 1.165) is 32.4 Å². The molecule has 0 radical (unpaired) electrons. The molecular weight excluding hydrogens is 258 g/mol. The van der Waals surface area contributed by atoms with E-state index in [-0.39, 0.29) is 17.3 Å². The van der Waals surface area contributed by atoms with Crippen molar-refractivity contribution in [1.82, 2.24) is 5.32 Å². The number of Topliss-reactive ketones (excluding diaryl/α,β-unsaturated/α-hetero) is 1. The number of carbonyl (C=O) groups is 1. The summed E-state index contributed by atoms with van der Waals surface area (Å²) in [6.07, 6.45) is 4.18. The Morgan fingerprint density at radius 3 is 2.24 bits per heavy atom. The van der Waals surface area contributed by atoms with Gasteiger partial charge in [0, 0.05) is 18.4 Å². The van der Waals surface area contributed by atoms with Gasteiger partial charge in [0.25, 0.3) is 0 Å². The predicted octanol–water partition coefficient (Wildman–Crippen LogP) is 4.68. The molecule has 0 aromatic carbocycles. The Kier molecular flexibility index (Phi) is 6.46. The van der Waals surface area contributed by atoms with E-state index in [9.17, 15) is 4.79 Å². The largest absolute Gasteiger partial charge is 0.316 e. The number of carbonyl (C=O) groups excluding carboxylic acids is 1. The lowest BCUT2D eigenvalue weighted by atomic mass is 9.68. The third-order valence-corrected chi connectivity index (χ3v) is 5.24. The molecule has 1 fully saturated rings. The van der Waals surface area contributed by atoms with E-state index in [4.69, 9.17) is 0 Å². The zero-order valence-corrected chi connectivity index (χ0v) is 15.4. The van der Waals surface area contributed by atoms with Crippen molar-refractivity contribution in [3.05, 3.63) is 0 Å². The van der Waals surface area contributed by atoms with Crippen molar-refractivity contribution in [3.63, 3.8) is 0 Å². The minimum absolute atomic E-state index is 0.214. The maximum absolute atomic E-state index is 13.0. The molecule has 2 heteroatoms. The van der Waals surface area contributed by atoms with Crippen molar-refractivity contribution in [3.8, 4) is 0 Å². The Morgan fingerprint density at radius 2 is 1.71 bits per heavy atom. The zero-order valence-electron chi connectivity index (χ0n) is 15.4. The van der Waals surface area contributed by atoms with E-state index in [2.05, 4.69) is 53.8 Å². The lowest BCUT2D eigenvalue weighted by Crippen LogP contribution is -2.35. The summed E-state index contributed by atoms with van der Waals surface area (Å²) in [5, 5.41) is 3.61. The molecule has 2 nitrogen and oxygen atoms in total. The summed E-state index contributed by atoms with van der Waals surface area (Å²) in [6.45, 7) is 18.0. The van der Waals surface area contributed by atoms with Crippen LogP contribution in [0.3, 0.4) is 0 Å². The van der Waals surface area contributed by atoms with Gasteiger partial charge in [0.05, 0.1) is 0 Å². The molecule has 1 heterocycles. The van der Waals surface area contributed by atoms with Crippen LogP contribution >= 0.6 is 0 Å². The number of ketones is 1. The van der Waals surface area contributed by atoms with Crippen LogP contribution in [0, 0.1) is 28.6 Å². The highest BCUT2D eigenvalue weighted by Crippen LogP contribution is 2.41. The summed E-state index contributed by atoms with van der Waals surface area (Å²) < 4.78 is 0. The summed E-state index contributed by atoms with van der Waals surface area (Å²) in [4.78, 5) is 13.0. The second-order valence-electron chi connectivity index (χ2n) is 8.84. The molecule has 1 rings (SSSR count). The average molecular weight is 296 g/mol. The number of hydrogen-bond donors (Lipinski definition) is 1. The summed E-state index contributed by atoms with van der Waals surface area (Å²) in [6, 6.07) is 0. The van der Waals surface area contributed by atoms with E-state index in [1.165, 1.54) is 6.42 Å². The maximum Gasteiger partial charge on any atom is 0.139 e. The van der Waals surface area contributed by atoms with Crippen LogP contribution in [0.25, 0.3) is 0 Å². The summed E-state index contributed by atoms with van der Waals surface area (Å²) in [5.41, 5.74) is 0.534. The normalized spacial score (nSPS) is 29.5. The lowest BCUT2D eigenvalue weighted by Gasteiger charge is -2.36. The molecule has 0 bridgehead atoms. The molecule has 2 unspecified atom stereocenters. The van der Waals surface area contributed by atoms with E-state index in [1.807, 2.05) is 0 Å². The van der Waals surface area contributed by atoms with E-state index < -0.39 is 0 Å². The van der Waals surface area contributed by atoms with Gasteiger partial charge >= 0.3 is 0 Å². The molecule has 0 spiro atoms. The highest BCUT2D eigenvalue weighted by molar-refractivity contribution is 5.83. The molecule has 1 aliphatic rings. The predicted molar refractivity (Wildman–Crippen MR) is 91.4 cm³/mol. The topological polar surface area (TPSA) is 29.1 Å². The SMILES string of the molecule is CCC(CC)C(=O)C1CC(C)(C)CC(C)(C)CNCC1C.